The molecule has 0 aliphatic carbocycles. The topological polar surface area (TPSA) is 64.7 Å². The van der Waals surface area contributed by atoms with E-state index in [1.807, 2.05) is 54.6 Å². The third kappa shape index (κ3) is 5.79. The van der Waals surface area contributed by atoms with Gasteiger partial charge >= 0.3 is 0 Å². The molecular weight excluding hydrogens is 412 g/mol. The molecule has 1 aliphatic heterocycles. The van der Waals surface area contributed by atoms with Gasteiger partial charge in [-0.25, -0.2) is 0 Å². The van der Waals surface area contributed by atoms with Crippen LogP contribution in [0.15, 0.2) is 72.8 Å². The van der Waals surface area contributed by atoms with Crippen molar-refractivity contribution in [3.8, 4) is 11.1 Å². The number of hydrogen-bond acceptors (Lipinski definition) is 4. The molecule has 33 heavy (non-hydrogen) atoms. The Morgan fingerprint density at radius 2 is 1.52 bits per heavy atom. The molecule has 1 saturated heterocycles. The second-order valence-corrected chi connectivity index (χ2v) is 8.47. The molecule has 0 spiro atoms. The van der Waals surface area contributed by atoms with Crippen LogP contribution in [0, 0.1) is 6.92 Å². The van der Waals surface area contributed by atoms with E-state index in [4.69, 9.17) is 0 Å². The number of carbonyl (C=O) groups excluding carboxylic acids is 2. The van der Waals surface area contributed by atoms with Gasteiger partial charge in [-0.2, -0.15) is 0 Å². The van der Waals surface area contributed by atoms with Crippen LogP contribution in [0.5, 0.6) is 0 Å². The lowest BCUT2D eigenvalue weighted by atomic mass is 10.0. The maximum absolute atomic E-state index is 12.4. The third-order valence-corrected chi connectivity index (χ3v) is 5.99. The zero-order valence-electron chi connectivity index (χ0n) is 19.2. The lowest BCUT2D eigenvalue weighted by Crippen LogP contribution is -2.44. The van der Waals surface area contributed by atoms with E-state index in [0.29, 0.717) is 5.56 Å². The molecule has 0 unspecified atom stereocenters. The number of rotatable bonds is 6. The molecule has 0 bridgehead atoms. The fourth-order valence-corrected chi connectivity index (χ4v) is 4.05. The smallest absolute Gasteiger partial charge is 0.251 e. The van der Waals surface area contributed by atoms with E-state index in [9.17, 15) is 9.59 Å². The van der Waals surface area contributed by atoms with Crippen LogP contribution in [0.25, 0.3) is 11.1 Å². The van der Waals surface area contributed by atoms with Gasteiger partial charge in [-0.1, -0.05) is 42.5 Å². The summed E-state index contributed by atoms with van der Waals surface area (Å²) < 4.78 is 0. The quantitative estimate of drug-likeness (QED) is 0.610. The number of piperazine rings is 1. The monoisotopic (exact) mass is 442 g/mol. The van der Waals surface area contributed by atoms with Crippen LogP contribution >= 0.6 is 0 Å². The molecule has 4 rings (SSSR count). The van der Waals surface area contributed by atoms with E-state index in [1.165, 1.54) is 5.69 Å². The summed E-state index contributed by atoms with van der Waals surface area (Å²) in [6, 6.07) is 23.3. The van der Waals surface area contributed by atoms with Gasteiger partial charge in [0.15, 0.2) is 0 Å². The van der Waals surface area contributed by atoms with E-state index in [-0.39, 0.29) is 18.4 Å². The zero-order chi connectivity index (χ0) is 23.2. The van der Waals surface area contributed by atoms with Gasteiger partial charge in [-0.3, -0.25) is 9.59 Å². The molecule has 6 nitrogen and oxygen atoms in total. The van der Waals surface area contributed by atoms with Gasteiger partial charge < -0.3 is 20.4 Å². The highest BCUT2D eigenvalue weighted by Gasteiger charge is 2.16. The molecule has 0 saturated carbocycles. The molecule has 1 heterocycles. The predicted octanol–water partition coefficient (Wildman–Crippen LogP) is 3.78. The standard InChI is InChI=1S/C27H30N4O2/c1-20-18-24(12-13-25(20)31-16-14-30(2)15-17-31)29-26(32)19-28-27(33)23-10-8-22(9-11-23)21-6-4-3-5-7-21/h3-13,18H,14-17,19H2,1-2H3,(H,28,33)(H,29,32). The number of nitrogens with zero attached hydrogens (tertiary/aromatic N) is 2. The number of nitrogens with one attached hydrogen (secondary N) is 2. The van der Waals surface area contributed by atoms with Gasteiger partial charge in [-0.15, -0.1) is 0 Å². The van der Waals surface area contributed by atoms with Crippen LogP contribution in [-0.4, -0.2) is 56.5 Å². The minimum absolute atomic E-state index is 0.0848. The lowest BCUT2D eigenvalue weighted by Gasteiger charge is -2.35. The van der Waals surface area contributed by atoms with Gasteiger partial charge in [0.2, 0.25) is 5.91 Å². The highest BCUT2D eigenvalue weighted by molar-refractivity contribution is 5.99. The van der Waals surface area contributed by atoms with E-state index in [2.05, 4.69) is 40.5 Å². The summed E-state index contributed by atoms with van der Waals surface area (Å²) in [5.74, 6) is -0.526. The SMILES string of the molecule is Cc1cc(NC(=O)CNC(=O)c2ccc(-c3ccccc3)cc2)ccc1N1CCN(C)CC1. The number of hydrogen-bond donors (Lipinski definition) is 2. The number of anilines is 2. The van der Waals surface area contributed by atoms with E-state index in [1.54, 1.807) is 12.1 Å². The molecule has 6 heteroatoms. The van der Waals surface area contributed by atoms with Crippen molar-refractivity contribution in [3.05, 3.63) is 83.9 Å². The van der Waals surface area contributed by atoms with Crippen molar-refractivity contribution in [2.45, 2.75) is 6.92 Å². The van der Waals surface area contributed by atoms with Crippen molar-refractivity contribution in [3.63, 3.8) is 0 Å². The first-order valence-corrected chi connectivity index (χ1v) is 11.3. The summed E-state index contributed by atoms with van der Waals surface area (Å²) in [6.45, 7) is 6.07. The maximum Gasteiger partial charge on any atom is 0.251 e. The Balaban J connectivity index is 1.29. The van der Waals surface area contributed by atoms with Crippen LogP contribution in [0.3, 0.4) is 0 Å². The molecule has 2 N–H and O–H groups in total. The van der Waals surface area contributed by atoms with Crippen LogP contribution in [-0.2, 0) is 4.79 Å². The molecular formula is C27H30N4O2. The van der Waals surface area contributed by atoms with Crippen molar-refractivity contribution < 1.29 is 9.59 Å². The highest BCUT2D eigenvalue weighted by Crippen LogP contribution is 2.24. The molecule has 170 valence electrons. The molecule has 2 amide bonds. The van der Waals surface area contributed by atoms with E-state index in [0.717, 1.165) is 48.6 Å². The number of amides is 2. The summed E-state index contributed by atoms with van der Waals surface area (Å²) in [5.41, 5.74) is 5.72. The van der Waals surface area contributed by atoms with E-state index >= 15 is 0 Å². The van der Waals surface area contributed by atoms with Crippen LogP contribution in [0.1, 0.15) is 15.9 Å². The Morgan fingerprint density at radius 1 is 0.848 bits per heavy atom. The maximum atomic E-state index is 12.4. The fourth-order valence-electron chi connectivity index (χ4n) is 4.05. The summed E-state index contributed by atoms with van der Waals surface area (Å²) in [4.78, 5) is 29.5. The van der Waals surface area contributed by atoms with Gasteiger partial charge in [-0.05, 0) is 61.0 Å². The van der Waals surface area contributed by atoms with Crippen molar-refractivity contribution in [1.29, 1.82) is 0 Å². The number of likely N-dealkylation sites (N-methyl/N-ethyl adjacent to an activating group) is 1. The van der Waals surface area contributed by atoms with Gasteiger partial charge in [0.25, 0.3) is 5.91 Å². The number of carbonyl (C=O) groups is 2. The average Bonchev–Trinajstić information content (AvgIpc) is 2.84. The Hall–Kier alpha value is -3.64. The summed E-state index contributed by atoms with van der Waals surface area (Å²) in [7, 11) is 2.14. The Morgan fingerprint density at radius 3 is 2.18 bits per heavy atom. The molecule has 0 aromatic heterocycles. The predicted molar refractivity (Wildman–Crippen MR) is 134 cm³/mol. The van der Waals surface area contributed by atoms with Crippen molar-refractivity contribution >= 4 is 23.2 Å². The summed E-state index contributed by atoms with van der Waals surface area (Å²) >= 11 is 0. The van der Waals surface area contributed by atoms with Crippen LogP contribution in [0.2, 0.25) is 0 Å². The zero-order valence-corrected chi connectivity index (χ0v) is 19.2. The fraction of sp³-hybridized carbons (Fsp3) is 0.259. The van der Waals surface area contributed by atoms with Gasteiger partial charge in [0.1, 0.15) is 0 Å². The van der Waals surface area contributed by atoms with Crippen molar-refractivity contribution in [1.82, 2.24) is 10.2 Å². The normalized spacial score (nSPS) is 14.1. The molecule has 0 radical (unpaired) electrons. The average molecular weight is 443 g/mol. The molecule has 0 atom stereocenters. The second kappa shape index (κ2) is 10.3. The van der Waals surface area contributed by atoms with E-state index < -0.39 is 0 Å². The summed E-state index contributed by atoms with van der Waals surface area (Å²) in [6.07, 6.45) is 0. The Labute approximate surface area is 195 Å². The molecule has 3 aromatic carbocycles. The number of benzene rings is 3. The van der Waals surface area contributed by atoms with Crippen LogP contribution in [0.4, 0.5) is 11.4 Å². The number of aryl methyl sites for hydroxylation is 1. The van der Waals surface area contributed by atoms with Gasteiger partial charge in [0.05, 0.1) is 6.54 Å². The van der Waals surface area contributed by atoms with Crippen molar-refractivity contribution in [2.24, 2.45) is 0 Å². The van der Waals surface area contributed by atoms with Crippen molar-refractivity contribution in [2.75, 3.05) is 50.0 Å². The molecule has 1 fully saturated rings. The third-order valence-electron chi connectivity index (χ3n) is 5.99. The largest absolute Gasteiger partial charge is 0.369 e. The molecule has 3 aromatic rings. The second-order valence-electron chi connectivity index (χ2n) is 8.47. The van der Waals surface area contributed by atoms with Gasteiger partial charge in [0, 0.05) is 43.1 Å². The minimum Gasteiger partial charge on any atom is -0.369 e. The highest BCUT2D eigenvalue weighted by atomic mass is 16.2. The Kier molecular flexibility index (Phi) is 7.05. The summed E-state index contributed by atoms with van der Waals surface area (Å²) in [5, 5.41) is 5.57. The minimum atomic E-state index is -0.272. The first-order chi connectivity index (χ1) is 16.0. The lowest BCUT2D eigenvalue weighted by molar-refractivity contribution is -0.115. The first kappa shape index (κ1) is 22.6. The van der Waals surface area contributed by atoms with Crippen LogP contribution < -0.4 is 15.5 Å². The first-order valence-electron chi connectivity index (χ1n) is 11.3. The molecule has 1 aliphatic rings. The Bertz CT molecular complexity index is 1100.